The quantitative estimate of drug-likeness (QED) is 0.893. The van der Waals surface area contributed by atoms with Crippen molar-refractivity contribution >= 4 is 23.2 Å². The first-order chi connectivity index (χ1) is 10.7. The van der Waals surface area contributed by atoms with Crippen LogP contribution in [0.4, 0.5) is 5.95 Å². The van der Waals surface area contributed by atoms with Gasteiger partial charge in [0.05, 0.1) is 11.2 Å². The Balaban J connectivity index is 1.75. The molecule has 1 aliphatic heterocycles. The standard InChI is InChI=1S/C14H20N6OS/c1-3-10-11(22-8-16-10)13(21)18-14-17-12(19-20(14)2)9-4-6-15-7-5-9/h8-9,15H,3-7H2,1-2H3,(H,17,18,19,21). The molecule has 118 valence electrons. The Labute approximate surface area is 133 Å². The van der Waals surface area contributed by atoms with Gasteiger partial charge in [0, 0.05) is 13.0 Å². The largest absolute Gasteiger partial charge is 0.317 e. The average Bonchev–Trinajstić information content (AvgIpc) is 3.15. The molecule has 0 atom stereocenters. The van der Waals surface area contributed by atoms with E-state index in [1.165, 1.54) is 11.3 Å². The van der Waals surface area contributed by atoms with E-state index in [0.29, 0.717) is 16.7 Å². The summed E-state index contributed by atoms with van der Waals surface area (Å²) in [5, 5.41) is 10.6. The molecule has 8 heteroatoms. The molecule has 7 nitrogen and oxygen atoms in total. The van der Waals surface area contributed by atoms with Crippen LogP contribution in [0.5, 0.6) is 0 Å². The number of nitrogens with one attached hydrogen (secondary N) is 2. The SMILES string of the molecule is CCc1ncsc1C(=O)Nc1nc(C2CCNCC2)nn1C. The Morgan fingerprint density at radius 3 is 3.00 bits per heavy atom. The van der Waals surface area contributed by atoms with Crippen LogP contribution in [-0.2, 0) is 13.5 Å². The van der Waals surface area contributed by atoms with E-state index >= 15 is 0 Å². The molecular weight excluding hydrogens is 300 g/mol. The van der Waals surface area contributed by atoms with Crippen molar-refractivity contribution in [2.75, 3.05) is 18.4 Å². The van der Waals surface area contributed by atoms with Crippen LogP contribution in [-0.4, -0.2) is 38.7 Å². The first-order valence-corrected chi connectivity index (χ1v) is 8.42. The van der Waals surface area contributed by atoms with Crippen LogP contribution >= 0.6 is 11.3 Å². The predicted octanol–water partition coefficient (Wildman–Crippen LogP) is 1.55. The normalized spacial score (nSPS) is 15.9. The topological polar surface area (TPSA) is 84.7 Å². The summed E-state index contributed by atoms with van der Waals surface area (Å²) in [6.45, 7) is 3.97. The van der Waals surface area contributed by atoms with Crippen LogP contribution in [0.1, 0.15) is 46.9 Å². The Kier molecular flexibility index (Phi) is 4.49. The highest BCUT2D eigenvalue weighted by molar-refractivity contribution is 7.12. The Hall–Kier alpha value is -1.80. The van der Waals surface area contributed by atoms with E-state index in [9.17, 15) is 4.79 Å². The molecule has 0 aliphatic carbocycles. The highest BCUT2D eigenvalue weighted by atomic mass is 32.1. The second-order valence-corrected chi connectivity index (χ2v) is 6.23. The molecule has 2 aromatic rings. The van der Waals surface area contributed by atoms with Crippen molar-refractivity contribution in [3.8, 4) is 0 Å². The van der Waals surface area contributed by atoms with E-state index in [-0.39, 0.29) is 5.91 Å². The lowest BCUT2D eigenvalue weighted by atomic mass is 9.98. The molecule has 0 unspecified atom stereocenters. The molecule has 22 heavy (non-hydrogen) atoms. The van der Waals surface area contributed by atoms with Crippen molar-refractivity contribution in [3.63, 3.8) is 0 Å². The summed E-state index contributed by atoms with van der Waals surface area (Å²) in [6, 6.07) is 0. The number of carbonyl (C=O) groups excluding carboxylic acids is 1. The average molecular weight is 320 g/mol. The van der Waals surface area contributed by atoms with Gasteiger partial charge < -0.3 is 5.32 Å². The molecule has 2 aromatic heterocycles. The summed E-state index contributed by atoms with van der Waals surface area (Å²) in [5.74, 6) is 1.52. The van der Waals surface area contributed by atoms with Gasteiger partial charge in [0.15, 0.2) is 5.82 Å². The lowest BCUT2D eigenvalue weighted by molar-refractivity contribution is 0.102. The monoisotopic (exact) mass is 320 g/mol. The number of nitrogens with zero attached hydrogens (tertiary/aromatic N) is 4. The van der Waals surface area contributed by atoms with Crippen molar-refractivity contribution in [3.05, 3.63) is 21.9 Å². The van der Waals surface area contributed by atoms with Crippen molar-refractivity contribution in [1.29, 1.82) is 0 Å². The third-order valence-corrected chi connectivity index (χ3v) is 4.76. The molecule has 0 radical (unpaired) electrons. The Bertz CT molecular complexity index is 658. The number of carbonyl (C=O) groups is 1. The van der Waals surface area contributed by atoms with Gasteiger partial charge in [-0.2, -0.15) is 10.1 Å². The van der Waals surface area contributed by atoms with Crippen molar-refractivity contribution < 1.29 is 4.79 Å². The minimum absolute atomic E-state index is 0.160. The minimum Gasteiger partial charge on any atom is -0.317 e. The zero-order chi connectivity index (χ0) is 15.5. The highest BCUT2D eigenvalue weighted by Gasteiger charge is 2.22. The fourth-order valence-electron chi connectivity index (χ4n) is 2.63. The maximum atomic E-state index is 12.4. The second kappa shape index (κ2) is 6.53. The molecular formula is C14H20N6OS. The molecule has 1 fully saturated rings. The molecule has 2 N–H and O–H groups in total. The molecule has 3 rings (SSSR count). The number of hydrogen-bond donors (Lipinski definition) is 2. The van der Waals surface area contributed by atoms with Crippen LogP contribution in [0.3, 0.4) is 0 Å². The molecule has 0 bridgehead atoms. The molecule has 1 amide bonds. The maximum Gasteiger partial charge on any atom is 0.270 e. The Morgan fingerprint density at radius 1 is 1.50 bits per heavy atom. The number of amides is 1. The fourth-order valence-corrected chi connectivity index (χ4v) is 3.41. The van der Waals surface area contributed by atoms with Crippen LogP contribution in [0.25, 0.3) is 0 Å². The summed E-state index contributed by atoms with van der Waals surface area (Å²) in [4.78, 5) is 21.7. The Morgan fingerprint density at radius 2 is 2.27 bits per heavy atom. The van der Waals surface area contributed by atoms with Gasteiger partial charge in [-0.3, -0.25) is 10.1 Å². The van der Waals surface area contributed by atoms with Crippen molar-refractivity contribution in [1.82, 2.24) is 25.1 Å². The molecule has 1 saturated heterocycles. The number of aromatic nitrogens is 4. The smallest absolute Gasteiger partial charge is 0.270 e. The van der Waals surface area contributed by atoms with E-state index in [0.717, 1.165) is 43.9 Å². The first kappa shape index (κ1) is 15.1. The molecule has 0 aromatic carbocycles. The van der Waals surface area contributed by atoms with E-state index in [1.54, 1.807) is 17.2 Å². The summed E-state index contributed by atoms with van der Waals surface area (Å²) >= 11 is 1.35. The van der Waals surface area contributed by atoms with Crippen LogP contribution in [0.2, 0.25) is 0 Å². The molecule has 3 heterocycles. The summed E-state index contributed by atoms with van der Waals surface area (Å²) in [5.41, 5.74) is 2.52. The number of piperidine rings is 1. The van der Waals surface area contributed by atoms with Crippen LogP contribution < -0.4 is 10.6 Å². The van der Waals surface area contributed by atoms with Gasteiger partial charge >= 0.3 is 0 Å². The molecule has 1 aliphatic rings. The lowest BCUT2D eigenvalue weighted by Crippen LogP contribution is -2.27. The third-order valence-electron chi connectivity index (χ3n) is 3.89. The first-order valence-electron chi connectivity index (χ1n) is 7.54. The number of hydrogen-bond acceptors (Lipinski definition) is 6. The van der Waals surface area contributed by atoms with Crippen LogP contribution in [0, 0.1) is 0 Å². The molecule has 0 saturated carbocycles. The van der Waals surface area contributed by atoms with Crippen molar-refractivity contribution in [2.24, 2.45) is 7.05 Å². The van der Waals surface area contributed by atoms with Gasteiger partial charge in [-0.15, -0.1) is 11.3 Å². The van der Waals surface area contributed by atoms with E-state index in [2.05, 4.69) is 25.7 Å². The number of thiazole rings is 1. The zero-order valence-corrected chi connectivity index (χ0v) is 13.6. The number of aryl methyl sites for hydroxylation is 2. The van der Waals surface area contributed by atoms with E-state index in [1.807, 2.05) is 6.92 Å². The van der Waals surface area contributed by atoms with Gasteiger partial charge in [-0.1, -0.05) is 6.92 Å². The minimum atomic E-state index is -0.160. The maximum absolute atomic E-state index is 12.4. The summed E-state index contributed by atoms with van der Waals surface area (Å²) in [7, 11) is 1.81. The van der Waals surface area contributed by atoms with Gasteiger partial charge in [0.2, 0.25) is 5.95 Å². The molecule has 0 spiro atoms. The van der Waals surface area contributed by atoms with E-state index < -0.39 is 0 Å². The zero-order valence-electron chi connectivity index (χ0n) is 12.8. The third kappa shape index (κ3) is 3.02. The number of anilines is 1. The fraction of sp³-hybridized carbons (Fsp3) is 0.571. The van der Waals surface area contributed by atoms with Gasteiger partial charge in [0.1, 0.15) is 4.88 Å². The summed E-state index contributed by atoms with van der Waals surface area (Å²) < 4.78 is 1.64. The van der Waals surface area contributed by atoms with Gasteiger partial charge in [-0.25, -0.2) is 9.67 Å². The number of rotatable bonds is 4. The second-order valence-electron chi connectivity index (χ2n) is 5.38. The van der Waals surface area contributed by atoms with E-state index in [4.69, 9.17) is 0 Å². The van der Waals surface area contributed by atoms with Crippen LogP contribution in [0.15, 0.2) is 5.51 Å². The predicted molar refractivity (Wildman–Crippen MR) is 85.3 cm³/mol. The van der Waals surface area contributed by atoms with Gasteiger partial charge in [-0.05, 0) is 32.4 Å². The van der Waals surface area contributed by atoms with Crippen molar-refractivity contribution in [2.45, 2.75) is 32.1 Å². The van der Waals surface area contributed by atoms with Gasteiger partial charge in [0.25, 0.3) is 5.91 Å². The lowest BCUT2D eigenvalue weighted by Gasteiger charge is -2.19. The highest BCUT2D eigenvalue weighted by Crippen LogP contribution is 2.23. The summed E-state index contributed by atoms with van der Waals surface area (Å²) in [6.07, 6.45) is 2.81.